The van der Waals surface area contributed by atoms with Crippen LogP contribution in [0.2, 0.25) is 0 Å². The van der Waals surface area contributed by atoms with Gasteiger partial charge in [0.25, 0.3) is 0 Å². The molecule has 3 atom stereocenters. The molecule has 1 heterocycles. The fourth-order valence-electron chi connectivity index (χ4n) is 2.45. The molecule has 18 heavy (non-hydrogen) atoms. The lowest BCUT2D eigenvalue weighted by molar-refractivity contribution is -0.144. The summed E-state index contributed by atoms with van der Waals surface area (Å²) in [5.74, 6) is 2.48. The summed E-state index contributed by atoms with van der Waals surface area (Å²) in [6.07, 6.45) is 2.11. The Morgan fingerprint density at radius 2 is 2.22 bits per heavy atom. The number of rotatable bonds is 5. The van der Waals surface area contributed by atoms with Gasteiger partial charge in [0.2, 0.25) is 0 Å². The Balaban J connectivity index is 2.62. The van der Waals surface area contributed by atoms with E-state index in [2.05, 4.69) is 33.0 Å². The number of methoxy groups -OCH3 is 1. The number of thioether (sulfide) groups is 1. The van der Waals surface area contributed by atoms with Crippen LogP contribution in [-0.2, 0) is 9.53 Å². The topological polar surface area (TPSA) is 38.3 Å². The summed E-state index contributed by atoms with van der Waals surface area (Å²) >= 11 is 1.98. The minimum Gasteiger partial charge on any atom is -0.468 e. The van der Waals surface area contributed by atoms with Crippen LogP contribution in [0.5, 0.6) is 0 Å². The van der Waals surface area contributed by atoms with E-state index in [4.69, 9.17) is 4.74 Å². The molecule has 1 N–H and O–H groups in total. The third-order valence-corrected chi connectivity index (χ3v) is 5.32. The van der Waals surface area contributed by atoms with Crippen molar-refractivity contribution in [2.75, 3.05) is 18.6 Å². The molecule has 0 aliphatic carbocycles. The van der Waals surface area contributed by atoms with Crippen LogP contribution >= 0.6 is 11.8 Å². The van der Waals surface area contributed by atoms with Crippen LogP contribution in [0, 0.1) is 11.3 Å². The van der Waals surface area contributed by atoms with Crippen molar-refractivity contribution in [1.29, 1.82) is 0 Å². The molecule has 1 rings (SSSR count). The highest BCUT2D eigenvalue weighted by atomic mass is 32.2. The minimum atomic E-state index is -0.167. The van der Waals surface area contributed by atoms with Gasteiger partial charge in [-0.3, -0.25) is 4.79 Å². The van der Waals surface area contributed by atoms with Gasteiger partial charge in [-0.2, -0.15) is 11.8 Å². The van der Waals surface area contributed by atoms with Crippen molar-refractivity contribution in [3.8, 4) is 0 Å². The predicted octanol–water partition coefficient (Wildman–Crippen LogP) is 2.70. The Bertz CT molecular complexity index is 281. The van der Waals surface area contributed by atoms with E-state index in [0.717, 1.165) is 18.6 Å². The van der Waals surface area contributed by atoms with Gasteiger partial charge in [0.1, 0.15) is 6.04 Å². The van der Waals surface area contributed by atoms with E-state index in [0.29, 0.717) is 17.4 Å². The van der Waals surface area contributed by atoms with Crippen molar-refractivity contribution >= 4 is 17.7 Å². The average Bonchev–Trinajstić information content (AvgIpc) is 2.33. The van der Waals surface area contributed by atoms with Gasteiger partial charge in [-0.15, -0.1) is 0 Å². The monoisotopic (exact) mass is 273 g/mol. The first-order valence-corrected chi connectivity index (χ1v) is 7.96. The summed E-state index contributed by atoms with van der Waals surface area (Å²) in [7, 11) is 1.47. The molecule has 1 saturated heterocycles. The molecule has 0 bridgehead atoms. The standard InChI is InChI=1S/C14H27NO2S/c1-6-10(2)12(13(16)17-5)15-11-7-14(3,4)9-18-8-11/h10-12,15H,6-9H2,1-5H3. The van der Waals surface area contributed by atoms with Crippen LogP contribution in [0.15, 0.2) is 0 Å². The van der Waals surface area contributed by atoms with E-state index < -0.39 is 0 Å². The van der Waals surface area contributed by atoms with Crippen LogP contribution < -0.4 is 5.32 Å². The Kier molecular flexibility index (Phi) is 5.99. The summed E-state index contributed by atoms with van der Waals surface area (Å²) in [5, 5.41) is 3.52. The van der Waals surface area contributed by atoms with Gasteiger partial charge < -0.3 is 10.1 Å². The van der Waals surface area contributed by atoms with Gasteiger partial charge in [0, 0.05) is 11.8 Å². The molecule has 0 aromatic heterocycles. The third kappa shape index (κ3) is 4.47. The summed E-state index contributed by atoms with van der Waals surface area (Å²) < 4.78 is 4.92. The van der Waals surface area contributed by atoms with Gasteiger partial charge in [-0.1, -0.05) is 34.1 Å². The van der Waals surface area contributed by atoms with E-state index in [-0.39, 0.29) is 12.0 Å². The Labute approximate surface area is 115 Å². The molecule has 3 unspecified atom stereocenters. The molecule has 0 spiro atoms. The summed E-state index contributed by atoms with van der Waals surface area (Å²) in [6.45, 7) is 8.81. The van der Waals surface area contributed by atoms with Crippen LogP contribution in [0.1, 0.15) is 40.5 Å². The van der Waals surface area contributed by atoms with E-state index in [1.54, 1.807) is 0 Å². The summed E-state index contributed by atoms with van der Waals surface area (Å²) in [4.78, 5) is 11.9. The van der Waals surface area contributed by atoms with Crippen molar-refractivity contribution in [2.45, 2.75) is 52.6 Å². The zero-order valence-electron chi connectivity index (χ0n) is 12.3. The third-order valence-electron chi connectivity index (χ3n) is 3.69. The van der Waals surface area contributed by atoms with Crippen molar-refractivity contribution < 1.29 is 9.53 Å². The van der Waals surface area contributed by atoms with Crippen molar-refractivity contribution in [1.82, 2.24) is 5.32 Å². The second-order valence-electron chi connectivity index (χ2n) is 6.13. The first kappa shape index (κ1) is 15.8. The maximum atomic E-state index is 11.9. The number of esters is 1. The van der Waals surface area contributed by atoms with Gasteiger partial charge in [0.15, 0.2) is 0 Å². The highest BCUT2D eigenvalue weighted by molar-refractivity contribution is 7.99. The number of hydrogen-bond acceptors (Lipinski definition) is 4. The number of carbonyl (C=O) groups is 1. The molecule has 0 aromatic rings. The molecule has 106 valence electrons. The van der Waals surface area contributed by atoms with Crippen LogP contribution in [0.3, 0.4) is 0 Å². The second kappa shape index (κ2) is 6.80. The zero-order chi connectivity index (χ0) is 13.8. The molecule has 0 aromatic carbocycles. The first-order chi connectivity index (χ1) is 8.39. The average molecular weight is 273 g/mol. The number of carbonyl (C=O) groups excluding carboxylic acids is 1. The fraction of sp³-hybridized carbons (Fsp3) is 0.929. The minimum absolute atomic E-state index is 0.127. The largest absolute Gasteiger partial charge is 0.468 e. The smallest absolute Gasteiger partial charge is 0.323 e. The van der Waals surface area contributed by atoms with Crippen LogP contribution in [0.25, 0.3) is 0 Å². The quantitative estimate of drug-likeness (QED) is 0.782. The summed E-state index contributed by atoms with van der Waals surface area (Å²) in [5.41, 5.74) is 0.358. The molecule has 0 amide bonds. The Hall–Kier alpha value is -0.220. The molecular formula is C14H27NO2S. The SMILES string of the molecule is CCC(C)C(NC1CSCC(C)(C)C1)C(=O)OC. The molecule has 4 heteroatoms. The maximum absolute atomic E-state index is 11.9. The highest BCUT2D eigenvalue weighted by Crippen LogP contribution is 2.33. The van der Waals surface area contributed by atoms with Crippen LogP contribution in [-0.4, -0.2) is 36.7 Å². The zero-order valence-corrected chi connectivity index (χ0v) is 13.1. The molecule has 0 radical (unpaired) electrons. The van der Waals surface area contributed by atoms with Crippen molar-refractivity contribution in [2.24, 2.45) is 11.3 Å². The van der Waals surface area contributed by atoms with E-state index in [1.165, 1.54) is 12.9 Å². The molecular weight excluding hydrogens is 246 g/mol. The molecule has 1 fully saturated rings. The fourth-order valence-corrected chi connectivity index (χ4v) is 3.74. The van der Waals surface area contributed by atoms with Gasteiger partial charge in [0.05, 0.1) is 7.11 Å². The second-order valence-corrected chi connectivity index (χ2v) is 7.16. The van der Waals surface area contributed by atoms with Gasteiger partial charge in [-0.05, 0) is 23.5 Å². The van der Waals surface area contributed by atoms with Crippen molar-refractivity contribution in [3.63, 3.8) is 0 Å². The van der Waals surface area contributed by atoms with Gasteiger partial charge in [-0.25, -0.2) is 0 Å². The van der Waals surface area contributed by atoms with E-state index >= 15 is 0 Å². The number of ether oxygens (including phenoxy) is 1. The lowest BCUT2D eigenvalue weighted by Gasteiger charge is -2.37. The lowest BCUT2D eigenvalue weighted by atomic mass is 9.87. The number of hydrogen-bond donors (Lipinski definition) is 1. The summed E-state index contributed by atoms with van der Waals surface area (Å²) in [6, 6.07) is 0.247. The van der Waals surface area contributed by atoms with E-state index in [1.807, 2.05) is 11.8 Å². The first-order valence-electron chi connectivity index (χ1n) is 6.81. The van der Waals surface area contributed by atoms with Gasteiger partial charge >= 0.3 is 5.97 Å². The predicted molar refractivity (Wildman–Crippen MR) is 77.9 cm³/mol. The van der Waals surface area contributed by atoms with E-state index in [9.17, 15) is 4.79 Å². The highest BCUT2D eigenvalue weighted by Gasteiger charge is 2.33. The molecule has 3 nitrogen and oxygen atoms in total. The lowest BCUT2D eigenvalue weighted by Crippen LogP contribution is -2.51. The number of nitrogens with one attached hydrogen (secondary N) is 1. The molecule has 1 aliphatic rings. The maximum Gasteiger partial charge on any atom is 0.323 e. The normalized spacial score (nSPS) is 26.4. The Morgan fingerprint density at radius 3 is 2.72 bits per heavy atom. The molecule has 0 saturated carbocycles. The molecule has 1 aliphatic heterocycles. The Morgan fingerprint density at radius 1 is 1.56 bits per heavy atom. The van der Waals surface area contributed by atoms with Crippen molar-refractivity contribution in [3.05, 3.63) is 0 Å². The van der Waals surface area contributed by atoms with Crippen LogP contribution in [0.4, 0.5) is 0 Å².